The first kappa shape index (κ1) is 14.0. The fraction of sp³-hybridized carbons (Fsp3) is 0.357. The van der Waals surface area contributed by atoms with Gasteiger partial charge in [-0.15, -0.1) is 0 Å². The largest absolute Gasteiger partial charge is 0.488 e. The zero-order valence-corrected chi connectivity index (χ0v) is 11.3. The number of rotatable bonds is 5. The third-order valence-corrected chi connectivity index (χ3v) is 3.01. The molecule has 0 spiro atoms. The Morgan fingerprint density at radius 2 is 1.95 bits per heavy atom. The van der Waals surface area contributed by atoms with Crippen molar-refractivity contribution in [3.63, 3.8) is 0 Å². The molecule has 0 aliphatic heterocycles. The average molecular weight is 258 g/mol. The van der Waals surface area contributed by atoms with Crippen molar-refractivity contribution in [2.75, 3.05) is 6.54 Å². The lowest BCUT2D eigenvalue weighted by Gasteiger charge is -2.08. The molecule has 0 bridgehead atoms. The standard InChI is InChI=1S/C14H19BN2O2/c1-10(2)16-8-7-13-6-4-11-3-5-12(15(18)19)9-14(11)17-13/h3-6,9-10,16,18-19H,7-8H2,1-2H3. The zero-order valence-electron chi connectivity index (χ0n) is 11.3. The molecule has 0 radical (unpaired) electrons. The van der Waals surface area contributed by atoms with Crippen molar-refractivity contribution >= 4 is 23.5 Å². The highest BCUT2D eigenvalue weighted by atomic mass is 16.4. The van der Waals surface area contributed by atoms with Gasteiger partial charge in [0.15, 0.2) is 0 Å². The molecule has 0 aliphatic rings. The summed E-state index contributed by atoms with van der Waals surface area (Å²) in [5, 5.41) is 22.7. The van der Waals surface area contributed by atoms with Gasteiger partial charge in [-0.25, -0.2) is 0 Å². The number of benzene rings is 1. The van der Waals surface area contributed by atoms with Crippen LogP contribution >= 0.6 is 0 Å². The van der Waals surface area contributed by atoms with Gasteiger partial charge in [-0.1, -0.05) is 32.0 Å². The van der Waals surface area contributed by atoms with Crippen molar-refractivity contribution in [3.05, 3.63) is 36.0 Å². The Kier molecular flexibility index (Phi) is 4.53. The van der Waals surface area contributed by atoms with Gasteiger partial charge in [0.1, 0.15) is 0 Å². The predicted molar refractivity (Wildman–Crippen MR) is 78.4 cm³/mol. The van der Waals surface area contributed by atoms with Gasteiger partial charge in [0.2, 0.25) is 0 Å². The summed E-state index contributed by atoms with van der Waals surface area (Å²) < 4.78 is 0. The Hall–Kier alpha value is -1.43. The highest BCUT2D eigenvalue weighted by molar-refractivity contribution is 6.58. The molecule has 0 atom stereocenters. The molecule has 0 saturated carbocycles. The van der Waals surface area contributed by atoms with Crippen molar-refractivity contribution in [1.82, 2.24) is 10.3 Å². The highest BCUT2D eigenvalue weighted by Gasteiger charge is 2.11. The molecule has 1 heterocycles. The third-order valence-electron chi connectivity index (χ3n) is 3.01. The van der Waals surface area contributed by atoms with E-state index in [0.29, 0.717) is 11.5 Å². The van der Waals surface area contributed by atoms with Crippen LogP contribution in [0.1, 0.15) is 19.5 Å². The number of fused-ring (bicyclic) bond motifs is 1. The molecule has 19 heavy (non-hydrogen) atoms. The number of nitrogens with one attached hydrogen (secondary N) is 1. The van der Waals surface area contributed by atoms with E-state index >= 15 is 0 Å². The summed E-state index contributed by atoms with van der Waals surface area (Å²) in [5.74, 6) is 0. The molecule has 0 saturated heterocycles. The maximum absolute atomic E-state index is 9.17. The smallest absolute Gasteiger partial charge is 0.423 e. The summed E-state index contributed by atoms with van der Waals surface area (Å²) in [6.07, 6.45) is 0.861. The lowest BCUT2D eigenvalue weighted by atomic mass is 9.80. The molecule has 0 aliphatic carbocycles. The number of nitrogens with zero attached hydrogens (tertiary/aromatic N) is 1. The predicted octanol–water partition coefficient (Wildman–Crippen LogP) is 0.455. The Balaban J connectivity index is 2.18. The minimum Gasteiger partial charge on any atom is -0.423 e. The van der Waals surface area contributed by atoms with E-state index in [4.69, 9.17) is 0 Å². The number of hydrogen-bond donors (Lipinski definition) is 3. The van der Waals surface area contributed by atoms with Gasteiger partial charge in [-0.2, -0.15) is 0 Å². The molecule has 0 amide bonds. The maximum Gasteiger partial charge on any atom is 0.488 e. The van der Waals surface area contributed by atoms with Crippen molar-refractivity contribution in [2.45, 2.75) is 26.3 Å². The quantitative estimate of drug-likeness (QED) is 0.681. The molecule has 0 unspecified atom stereocenters. The van der Waals surface area contributed by atoms with Crippen LogP contribution < -0.4 is 10.8 Å². The van der Waals surface area contributed by atoms with Crippen LogP contribution in [0.25, 0.3) is 10.9 Å². The summed E-state index contributed by atoms with van der Waals surface area (Å²) in [4.78, 5) is 4.55. The Morgan fingerprint density at radius 1 is 1.21 bits per heavy atom. The Bertz CT molecular complexity index is 558. The lowest BCUT2D eigenvalue weighted by Crippen LogP contribution is -2.29. The summed E-state index contributed by atoms with van der Waals surface area (Å²) in [6.45, 7) is 5.12. The van der Waals surface area contributed by atoms with Crippen LogP contribution in [0.4, 0.5) is 0 Å². The monoisotopic (exact) mass is 258 g/mol. The van der Waals surface area contributed by atoms with E-state index in [9.17, 15) is 10.0 Å². The molecule has 2 rings (SSSR count). The zero-order chi connectivity index (χ0) is 13.8. The van der Waals surface area contributed by atoms with Crippen molar-refractivity contribution in [1.29, 1.82) is 0 Å². The second-order valence-corrected chi connectivity index (χ2v) is 4.99. The molecular formula is C14H19BN2O2. The topological polar surface area (TPSA) is 65.4 Å². The molecular weight excluding hydrogens is 239 g/mol. The first-order valence-corrected chi connectivity index (χ1v) is 6.55. The average Bonchev–Trinajstić information content (AvgIpc) is 2.37. The van der Waals surface area contributed by atoms with Gasteiger partial charge in [-0.3, -0.25) is 4.98 Å². The molecule has 5 heteroatoms. The van der Waals surface area contributed by atoms with Gasteiger partial charge >= 0.3 is 7.12 Å². The van der Waals surface area contributed by atoms with E-state index < -0.39 is 7.12 Å². The normalized spacial score (nSPS) is 11.2. The molecule has 4 nitrogen and oxygen atoms in total. The van der Waals surface area contributed by atoms with Crippen molar-refractivity contribution in [3.8, 4) is 0 Å². The third kappa shape index (κ3) is 3.77. The van der Waals surface area contributed by atoms with Crippen molar-refractivity contribution < 1.29 is 10.0 Å². The van der Waals surface area contributed by atoms with Crippen molar-refractivity contribution in [2.24, 2.45) is 0 Å². The fourth-order valence-electron chi connectivity index (χ4n) is 1.97. The van der Waals surface area contributed by atoms with Crippen LogP contribution in [0, 0.1) is 0 Å². The Labute approximate surface area is 113 Å². The molecule has 100 valence electrons. The fourth-order valence-corrected chi connectivity index (χ4v) is 1.97. The number of aromatic nitrogens is 1. The first-order chi connectivity index (χ1) is 9.06. The molecule has 1 aromatic carbocycles. The van der Waals surface area contributed by atoms with Gasteiger partial charge < -0.3 is 15.4 Å². The summed E-state index contributed by atoms with van der Waals surface area (Å²) in [6, 6.07) is 9.78. The van der Waals surface area contributed by atoms with Gasteiger partial charge in [0.05, 0.1) is 5.52 Å². The van der Waals surface area contributed by atoms with Gasteiger partial charge in [0, 0.05) is 30.1 Å². The molecule has 2 aromatic rings. The molecule has 3 N–H and O–H groups in total. The highest BCUT2D eigenvalue weighted by Crippen LogP contribution is 2.11. The minimum absolute atomic E-state index is 0.469. The van der Waals surface area contributed by atoms with E-state index in [1.54, 1.807) is 12.1 Å². The van der Waals surface area contributed by atoms with Gasteiger partial charge in [0.25, 0.3) is 0 Å². The molecule has 0 fully saturated rings. The van der Waals surface area contributed by atoms with Crippen LogP contribution in [0.5, 0.6) is 0 Å². The second kappa shape index (κ2) is 6.15. The number of hydrogen-bond acceptors (Lipinski definition) is 4. The second-order valence-electron chi connectivity index (χ2n) is 4.99. The SMILES string of the molecule is CC(C)NCCc1ccc2ccc(B(O)O)cc2n1. The van der Waals surface area contributed by atoms with E-state index in [0.717, 1.165) is 29.6 Å². The van der Waals surface area contributed by atoms with Gasteiger partial charge in [-0.05, 0) is 17.6 Å². The van der Waals surface area contributed by atoms with Crippen LogP contribution in [0.15, 0.2) is 30.3 Å². The first-order valence-electron chi connectivity index (χ1n) is 6.55. The van der Waals surface area contributed by atoms with Crippen LogP contribution in [0.3, 0.4) is 0 Å². The Morgan fingerprint density at radius 3 is 2.63 bits per heavy atom. The van der Waals surface area contributed by atoms with Crippen LogP contribution in [-0.2, 0) is 6.42 Å². The van der Waals surface area contributed by atoms with Crippen LogP contribution in [-0.4, -0.2) is 34.7 Å². The van der Waals surface area contributed by atoms with E-state index in [-0.39, 0.29) is 0 Å². The summed E-state index contributed by atoms with van der Waals surface area (Å²) in [5.41, 5.74) is 2.27. The summed E-state index contributed by atoms with van der Waals surface area (Å²) >= 11 is 0. The maximum atomic E-state index is 9.17. The number of pyridine rings is 1. The molecule has 1 aromatic heterocycles. The van der Waals surface area contributed by atoms with E-state index in [1.165, 1.54) is 0 Å². The van der Waals surface area contributed by atoms with E-state index in [1.807, 2.05) is 18.2 Å². The minimum atomic E-state index is -1.45. The summed E-state index contributed by atoms with van der Waals surface area (Å²) in [7, 11) is -1.45. The lowest BCUT2D eigenvalue weighted by molar-refractivity contribution is 0.426. The van der Waals surface area contributed by atoms with E-state index in [2.05, 4.69) is 24.1 Å². The van der Waals surface area contributed by atoms with Crippen LogP contribution in [0.2, 0.25) is 0 Å².